The number of benzene rings is 1. The van der Waals surface area contributed by atoms with Crippen molar-refractivity contribution in [3.05, 3.63) is 34.9 Å². The topological polar surface area (TPSA) is 12.0 Å². The molecule has 0 saturated heterocycles. The normalized spacial score (nSPS) is 25.8. The summed E-state index contributed by atoms with van der Waals surface area (Å²) in [5.41, 5.74) is 1.33. The first-order chi connectivity index (χ1) is 9.20. The van der Waals surface area contributed by atoms with Crippen molar-refractivity contribution < 1.29 is 0 Å². The molecule has 3 atom stereocenters. The first-order valence-corrected chi connectivity index (χ1v) is 8.10. The molecular formula is C17H26ClN. The number of hydrogen-bond acceptors (Lipinski definition) is 1. The molecule has 0 spiro atoms. The average Bonchev–Trinajstić information content (AvgIpc) is 2.61. The highest BCUT2D eigenvalue weighted by atomic mass is 35.5. The summed E-state index contributed by atoms with van der Waals surface area (Å²) >= 11 is 6.12. The molecule has 1 nitrogen and oxygen atoms in total. The molecule has 19 heavy (non-hydrogen) atoms. The lowest BCUT2D eigenvalue weighted by Gasteiger charge is -2.28. The number of halogens is 1. The van der Waals surface area contributed by atoms with Gasteiger partial charge in [0.05, 0.1) is 0 Å². The van der Waals surface area contributed by atoms with Crippen LogP contribution in [0.3, 0.4) is 0 Å². The third-order valence-corrected chi connectivity index (χ3v) is 4.67. The summed E-state index contributed by atoms with van der Waals surface area (Å²) in [6.45, 7) is 4.65. The Balaban J connectivity index is 2.05. The third-order valence-electron chi connectivity index (χ3n) is 4.44. The van der Waals surface area contributed by atoms with E-state index >= 15 is 0 Å². The Hall–Kier alpha value is -0.530. The second-order valence-corrected chi connectivity index (χ2v) is 6.34. The number of rotatable bonds is 4. The van der Waals surface area contributed by atoms with Gasteiger partial charge < -0.3 is 5.32 Å². The van der Waals surface area contributed by atoms with E-state index in [0.717, 1.165) is 17.4 Å². The van der Waals surface area contributed by atoms with E-state index in [9.17, 15) is 0 Å². The second-order valence-electron chi connectivity index (χ2n) is 5.90. The molecule has 1 aromatic carbocycles. The van der Waals surface area contributed by atoms with Crippen molar-refractivity contribution in [2.24, 2.45) is 5.92 Å². The van der Waals surface area contributed by atoms with E-state index in [1.165, 1.54) is 37.7 Å². The highest BCUT2D eigenvalue weighted by molar-refractivity contribution is 6.30. The predicted molar refractivity (Wildman–Crippen MR) is 83.7 cm³/mol. The predicted octanol–water partition coefficient (Wildman–Crippen LogP) is 5.35. The van der Waals surface area contributed by atoms with E-state index in [2.05, 4.69) is 37.4 Å². The molecule has 3 unspecified atom stereocenters. The van der Waals surface area contributed by atoms with Gasteiger partial charge in [0.2, 0.25) is 0 Å². The van der Waals surface area contributed by atoms with Crippen molar-refractivity contribution in [3.8, 4) is 0 Å². The summed E-state index contributed by atoms with van der Waals surface area (Å²) in [7, 11) is 0. The summed E-state index contributed by atoms with van der Waals surface area (Å²) in [5, 5.41) is 4.72. The molecule has 1 fully saturated rings. The molecule has 0 aliphatic heterocycles. The molecule has 1 aliphatic carbocycles. The van der Waals surface area contributed by atoms with E-state index in [4.69, 9.17) is 11.6 Å². The monoisotopic (exact) mass is 279 g/mol. The van der Waals surface area contributed by atoms with Gasteiger partial charge in [-0.2, -0.15) is 0 Å². The quantitative estimate of drug-likeness (QED) is 0.733. The number of hydrogen-bond donors (Lipinski definition) is 1. The van der Waals surface area contributed by atoms with Crippen LogP contribution >= 0.6 is 11.6 Å². The minimum absolute atomic E-state index is 0.434. The van der Waals surface area contributed by atoms with Crippen molar-refractivity contribution in [2.45, 2.75) is 64.5 Å². The SMILES string of the molecule is CCC(NC1CCCCCC1C)c1cccc(Cl)c1. The molecule has 0 aromatic heterocycles. The smallest absolute Gasteiger partial charge is 0.0409 e. The Morgan fingerprint density at radius 3 is 2.79 bits per heavy atom. The standard InChI is InChI=1S/C17H26ClN/c1-3-16(14-9-7-10-15(18)12-14)19-17-11-6-4-5-8-13(17)2/h7,9-10,12-13,16-17,19H,3-6,8,11H2,1-2H3. The fourth-order valence-corrected chi connectivity index (χ4v) is 3.37. The van der Waals surface area contributed by atoms with Gasteiger partial charge in [0.15, 0.2) is 0 Å². The van der Waals surface area contributed by atoms with Crippen LogP contribution in [0.1, 0.15) is 64.0 Å². The van der Waals surface area contributed by atoms with Gasteiger partial charge in [-0.25, -0.2) is 0 Å². The van der Waals surface area contributed by atoms with E-state index in [-0.39, 0.29) is 0 Å². The van der Waals surface area contributed by atoms with Crippen LogP contribution in [0.4, 0.5) is 0 Å². The zero-order valence-corrected chi connectivity index (χ0v) is 12.9. The summed E-state index contributed by atoms with van der Waals surface area (Å²) in [5.74, 6) is 0.788. The third kappa shape index (κ3) is 4.22. The Morgan fingerprint density at radius 2 is 2.05 bits per heavy atom. The molecule has 1 aromatic rings. The van der Waals surface area contributed by atoms with Crippen LogP contribution in [0, 0.1) is 5.92 Å². The average molecular weight is 280 g/mol. The van der Waals surface area contributed by atoms with Crippen LogP contribution in [0.15, 0.2) is 24.3 Å². The summed E-state index contributed by atoms with van der Waals surface area (Å²) in [6, 6.07) is 9.39. The highest BCUT2D eigenvalue weighted by Crippen LogP contribution is 2.27. The lowest BCUT2D eigenvalue weighted by Crippen LogP contribution is -2.37. The Kier molecular flexibility index (Phi) is 5.72. The van der Waals surface area contributed by atoms with Crippen LogP contribution in [0.25, 0.3) is 0 Å². The van der Waals surface area contributed by atoms with Crippen LogP contribution < -0.4 is 5.32 Å². The van der Waals surface area contributed by atoms with E-state index in [0.29, 0.717) is 12.1 Å². The van der Waals surface area contributed by atoms with Crippen molar-refractivity contribution in [3.63, 3.8) is 0 Å². The maximum absolute atomic E-state index is 6.12. The molecule has 0 radical (unpaired) electrons. The zero-order valence-electron chi connectivity index (χ0n) is 12.2. The van der Waals surface area contributed by atoms with Crippen LogP contribution in [0.5, 0.6) is 0 Å². The van der Waals surface area contributed by atoms with Gasteiger partial charge in [-0.15, -0.1) is 0 Å². The largest absolute Gasteiger partial charge is 0.307 e. The van der Waals surface area contributed by atoms with Gasteiger partial charge in [0, 0.05) is 17.1 Å². The molecule has 1 aliphatic rings. The lowest BCUT2D eigenvalue weighted by atomic mass is 9.94. The van der Waals surface area contributed by atoms with Crippen molar-refractivity contribution >= 4 is 11.6 Å². The van der Waals surface area contributed by atoms with Crippen molar-refractivity contribution in [1.82, 2.24) is 5.32 Å². The molecule has 0 heterocycles. The van der Waals surface area contributed by atoms with Gasteiger partial charge in [-0.1, -0.05) is 56.8 Å². The fraction of sp³-hybridized carbons (Fsp3) is 0.647. The first kappa shape index (κ1) is 14.9. The maximum atomic E-state index is 6.12. The molecule has 106 valence electrons. The van der Waals surface area contributed by atoms with Gasteiger partial charge in [-0.05, 0) is 42.9 Å². The van der Waals surface area contributed by atoms with Crippen LogP contribution in [0.2, 0.25) is 5.02 Å². The molecule has 2 heteroatoms. The van der Waals surface area contributed by atoms with E-state index in [1.54, 1.807) is 0 Å². The first-order valence-electron chi connectivity index (χ1n) is 7.72. The van der Waals surface area contributed by atoms with E-state index in [1.807, 2.05) is 6.07 Å². The van der Waals surface area contributed by atoms with Gasteiger partial charge in [0.25, 0.3) is 0 Å². The van der Waals surface area contributed by atoms with Crippen molar-refractivity contribution in [1.29, 1.82) is 0 Å². The highest BCUT2D eigenvalue weighted by Gasteiger charge is 2.22. The van der Waals surface area contributed by atoms with Crippen LogP contribution in [-0.4, -0.2) is 6.04 Å². The van der Waals surface area contributed by atoms with Crippen molar-refractivity contribution in [2.75, 3.05) is 0 Å². The zero-order chi connectivity index (χ0) is 13.7. The molecule has 2 rings (SSSR count). The maximum Gasteiger partial charge on any atom is 0.0409 e. The summed E-state index contributed by atoms with van der Waals surface area (Å²) in [4.78, 5) is 0. The van der Waals surface area contributed by atoms with Gasteiger partial charge >= 0.3 is 0 Å². The summed E-state index contributed by atoms with van der Waals surface area (Å²) in [6.07, 6.45) is 7.96. The van der Waals surface area contributed by atoms with Gasteiger partial charge in [-0.3, -0.25) is 0 Å². The molecule has 1 saturated carbocycles. The van der Waals surface area contributed by atoms with E-state index < -0.39 is 0 Å². The second kappa shape index (κ2) is 7.31. The molecule has 1 N–H and O–H groups in total. The number of nitrogens with one attached hydrogen (secondary N) is 1. The Bertz CT molecular complexity index is 391. The minimum atomic E-state index is 0.434. The Labute approximate surface area is 122 Å². The van der Waals surface area contributed by atoms with Gasteiger partial charge in [0.1, 0.15) is 0 Å². The minimum Gasteiger partial charge on any atom is -0.307 e. The molecule has 0 amide bonds. The Morgan fingerprint density at radius 1 is 1.26 bits per heavy atom. The molecular weight excluding hydrogens is 254 g/mol. The lowest BCUT2D eigenvalue weighted by molar-refractivity contribution is 0.318. The fourth-order valence-electron chi connectivity index (χ4n) is 3.17. The van der Waals surface area contributed by atoms with Crippen LogP contribution in [-0.2, 0) is 0 Å². The summed E-state index contributed by atoms with van der Waals surface area (Å²) < 4.78 is 0. The molecule has 0 bridgehead atoms.